The molecule has 3 rings (SSSR count). The highest BCUT2D eigenvalue weighted by Gasteiger charge is 2.33. The highest BCUT2D eigenvalue weighted by Crippen LogP contribution is 2.32. The van der Waals surface area contributed by atoms with Crippen LogP contribution in [0.15, 0.2) is 47.5 Å². The van der Waals surface area contributed by atoms with Crippen molar-refractivity contribution in [3.8, 4) is 0 Å². The third-order valence-corrected chi connectivity index (χ3v) is 4.64. The van der Waals surface area contributed by atoms with Crippen molar-refractivity contribution in [1.29, 1.82) is 0 Å². The summed E-state index contributed by atoms with van der Waals surface area (Å²) in [6.45, 7) is 0.287. The van der Waals surface area contributed by atoms with Crippen molar-refractivity contribution in [3.63, 3.8) is 0 Å². The molecule has 0 aromatic heterocycles. The molecule has 29 heavy (non-hydrogen) atoms. The summed E-state index contributed by atoms with van der Waals surface area (Å²) in [5, 5.41) is 5.54. The van der Waals surface area contributed by atoms with Crippen molar-refractivity contribution in [2.45, 2.75) is 19.1 Å². The molecular formula is C20H20F4N4O. The molecule has 0 unspecified atom stereocenters. The van der Waals surface area contributed by atoms with Crippen molar-refractivity contribution in [3.05, 3.63) is 65.0 Å². The van der Waals surface area contributed by atoms with Gasteiger partial charge in [0.2, 0.25) is 5.91 Å². The monoisotopic (exact) mass is 408 g/mol. The summed E-state index contributed by atoms with van der Waals surface area (Å²) in [6.07, 6.45) is -3.89. The highest BCUT2D eigenvalue weighted by molar-refractivity contribution is 5.98. The second-order valence-corrected chi connectivity index (χ2v) is 6.50. The van der Waals surface area contributed by atoms with Gasteiger partial charge in [-0.3, -0.25) is 9.79 Å². The Bertz CT molecular complexity index is 927. The molecule has 0 bridgehead atoms. The number of nitrogens with zero attached hydrogens (tertiary/aromatic N) is 2. The molecule has 1 aliphatic rings. The Hall–Kier alpha value is -3.10. The van der Waals surface area contributed by atoms with Crippen molar-refractivity contribution in [2.24, 2.45) is 4.99 Å². The number of anilines is 1. The van der Waals surface area contributed by atoms with Crippen molar-refractivity contribution < 1.29 is 22.4 Å². The lowest BCUT2D eigenvalue weighted by molar-refractivity contribution is -0.138. The van der Waals surface area contributed by atoms with Crippen LogP contribution in [0.5, 0.6) is 0 Å². The quantitative estimate of drug-likeness (QED) is 0.465. The van der Waals surface area contributed by atoms with Crippen LogP contribution in [0.3, 0.4) is 0 Å². The molecule has 0 saturated heterocycles. The van der Waals surface area contributed by atoms with E-state index in [9.17, 15) is 22.4 Å². The molecule has 1 amide bonds. The fourth-order valence-electron chi connectivity index (χ4n) is 3.22. The Kier molecular flexibility index (Phi) is 6.05. The normalized spacial score (nSPS) is 14.0. The number of rotatable bonds is 4. The second-order valence-electron chi connectivity index (χ2n) is 6.50. The predicted octanol–water partition coefficient (Wildman–Crippen LogP) is 3.10. The number of fused-ring (bicyclic) bond motifs is 1. The summed E-state index contributed by atoms with van der Waals surface area (Å²) < 4.78 is 52.5. The van der Waals surface area contributed by atoms with Gasteiger partial charge in [-0.2, -0.15) is 13.2 Å². The van der Waals surface area contributed by atoms with Gasteiger partial charge in [0.05, 0.1) is 12.1 Å². The van der Waals surface area contributed by atoms with E-state index in [1.165, 1.54) is 7.05 Å². The maximum absolute atomic E-state index is 13.2. The van der Waals surface area contributed by atoms with E-state index in [-0.39, 0.29) is 30.5 Å². The molecule has 2 N–H and O–H groups in total. The Morgan fingerprint density at radius 2 is 1.93 bits per heavy atom. The Balaban J connectivity index is 1.59. The number of nitrogens with one attached hydrogen (secondary N) is 2. The molecule has 1 aliphatic heterocycles. The van der Waals surface area contributed by atoms with Gasteiger partial charge in [-0.05, 0) is 35.7 Å². The minimum Gasteiger partial charge on any atom is -0.352 e. The van der Waals surface area contributed by atoms with E-state index >= 15 is 0 Å². The number of hydrogen-bond acceptors (Lipinski definition) is 2. The summed E-state index contributed by atoms with van der Waals surface area (Å²) in [5.74, 6) is -0.959. The molecule has 154 valence electrons. The summed E-state index contributed by atoms with van der Waals surface area (Å²) in [4.78, 5) is 18.1. The van der Waals surface area contributed by atoms with Gasteiger partial charge in [0.25, 0.3) is 0 Å². The molecule has 0 saturated carbocycles. The molecule has 2 aromatic rings. The van der Waals surface area contributed by atoms with Crippen LogP contribution in [0.2, 0.25) is 0 Å². The molecule has 2 aromatic carbocycles. The lowest BCUT2D eigenvalue weighted by Crippen LogP contribution is -2.44. The average Bonchev–Trinajstić information content (AvgIpc) is 3.12. The topological polar surface area (TPSA) is 56.7 Å². The molecule has 9 heteroatoms. The van der Waals surface area contributed by atoms with Gasteiger partial charge in [-0.15, -0.1) is 0 Å². The third-order valence-electron chi connectivity index (χ3n) is 4.64. The largest absolute Gasteiger partial charge is 0.416 e. The van der Waals surface area contributed by atoms with Crippen LogP contribution >= 0.6 is 0 Å². The molecule has 0 spiro atoms. The van der Waals surface area contributed by atoms with Crippen molar-refractivity contribution in [1.82, 2.24) is 10.6 Å². The maximum atomic E-state index is 13.2. The summed E-state index contributed by atoms with van der Waals surface area (Å²) in [6, 6.07) is 10.1. The number of carbonyl (C=O) groups is 1. The van der Waals surface area contributed by atoms with Gasteiger partial charge in [0, 0.05) is 25.8 Å². The zero-order chi connectivity index (χ0) is 21.0. The van der Waals surface area contributed by atoms with Crippen LogP contribution < -0.4 is 15.5 Å². The fraction of sp³-hybridized carbons (Fsp3) is 0.300. The van der Waals surface area contributed by atoms with E-state index in [4.69, 9.17) is 0 Å². The number of hydrogen-bond donors (Lipinski definition) is 2. The van der Waals surface area contributed by atoms with E-state index < -0.39 is 17.6 Å². The smallest absolute Gasteiger partial charge is 0.352 e. The summed E-state index contributed by atoms with van der Waals surface area (Å²) in [7, 11) is 1.44. The van der Waals surface area contributed by atoms with Crippen LogP contribution in [-0.2, 0) is 23.9 Å². The van der Waals surface area contributed by atoms with Crippen LogP contribution in [0.1, 0.15) is 16.7 Å². The van der Waals surface area contributed by atoms with Gasteiger partial charge in [0.1, 0.15) is 5.82 Å². The zero-order valence-electron chi connectivity index (χ0n) is 15.7. The second kappa shape index (κ2) is 8.50. The van der Waals surface area contributed by atoms with E-state index in [1.54, 1.807) is 4.90 Å². The van der Waals surface area contributed by atoms with E-state index in [1.807, 2.05) is 24.3 Å². The van der Waals surface area contributed by atoms with E-state index in [2.05, 4.69) is 15.6 Å². The van der Waals surface area contributed by atoms with Crippen LogP contribution in [0.4, 0.5) is 23.2 Å². The predicted molar refractivity (Wildman–Crippen MR) is 102 cm³/mol. The van der Waals surface area contributed by atoms with Crippen LogP contribution in [0.25, 0.3) is 0 Å². The lowest BCUT2D eigenvalue weighted by atomic mass is 10.1. The number of amides is 1. The standard InChI is InChI=1S/C20H20F4N4O/c1-25-19(26-11-14-6-7-15(21)10-16(14)20(22,23)24)27-12-18(29)28-9-8-13-4-2-3-5-17(13)28/h2-7,10H,8-9,11-12H2,1H3,(H2,25,26,27). The number of alkyl halides is 3. The van der Waals surface area contributed by atoms with Crippen LogP contribution in [-0.4, -0.2) is 32.0 Å². The summed E-state index contributed by atoms with van der Waals surface area (Å²) >= 11 is 0. The first-order valence-corrected chi connectivity index (χ1v) is 8.98. The third kappa shape index (κ3) is 4.85. The molecule has 0 radical (unpaired) electrons. The Morgan fingerprint density at radius 1 is 1.17 bits per heavy atom. The Labute approximate surface area is 165 Å². The van der Waals surface area contributed by atoms with Gasteiger partial charge < -0.3 is 15.5 Å². The average molecular weight is 408 g/mol. The fourth-order valence-corrected chi connectivity index (χ4v) is 3.22. The molecule has 0 aliphatic carbocycles. The maximum Gasteiger partial charge on any atom is 0.416 e. The van der Waals surface area contributed by atoms with Gasteiger partial charge >= 0.3 is 6.18 Å². The Morgan fingerprint density at radius 3 is 2.66 bits per heavy atom. The molecule has 0 fully saturated rings. The molecule has 1 heterocycles. The number of aliphatic imine (C=N–C) groups is 1. The number of benzene rings is 2. The van der Waals surface area contributed by atoms with E-state index in [0.717, 1.165) is 29.8 Å². The minimum atomic E-state index is -4.67. The number of guanidine groups is 1. The molecular weight excluding hydrogens is 388 g/mol. The number of halogens is 4. The first-order chi connectivity index (χ1) is 13.8. The SMILES string of the molecule is CN=C(NCC(=O)N1CCc2ccccc21)NCc1ccc(F)cc1C(F)(F)F. The van der Waals surface area contributed by atoms with Crippen molar-refractivity contribution in [2.75, 3.05) is 25.0 Å². The van der Waals surface area contributed by atoms with Crippen molar-refractivity contribution >= 4 is 17.6 Å². The zero-order valence-corrected chi connectivity index (χ0v) is 15.7. The van der Waals surface area contributed by atoms with Crippen LogP contribution in [0, 0.1) is 5.82 Å². The lowest BCUT2D eigenvalue weighted by Gasteiger charge is -2.19. The minimum absolute atomic E-state index is 0.0659. The van der Waals surface area contributed by atoms with Gasteiger partial charge in [-0.1, -0.05) is 24.3 Å². The first kappa shape index (κ1) is 20.6. The first-order valence-electron chi connectivity index (χ1n) is 8.98. The molecule has 0 atom stereocenters. The molecule has 5 nitrogen and oxygen atoms in total. The number of carbonyl (C=O) groups excluding carboxylic acids is 1. The van der Waals surface area contributed by atoms with E-state index in [0.29, 0.717) is 12.6 Å². The van der Waals surface area contributed by atoms with Gasteiger partial charge in [0.15, 0.2) is 5.96 Å². The number of para-hydroxylation sites is 1. The van der Waals surface area contributed by atoms with Gasteiger partial charge in [-0.25, -0.2) is 4.39 Å². The summed E-state index contributed by atoms with van der Waals surface area (Å²) in [5.41, 5.74) is 0.787. The highest BCUT2D eigenvalue weighted by atomic mass is 19.4.